The van der Waals surface area contributed by atoms with Crippen molar-refractivity contribution < 1.29 is 19.1 Å². The number of H-pyrrole nitrogens is 1. The minimum atomic E-state index is -0.967. The number of nitrogens with one attached hydrogen (secondary N) is 2. The van der Waals surface area contributed by atoms with Gasteiger partial charge in [0, 0.05) is 17.7 Å². The largest absolute Gasteiger partial charge is 0.467 e. The van der Waals surface area contributed by atoms with Crippen LogP contribution < -0.4 is 5.32 Å². The van der Waals surface area contributed by atoms with Crippen molar-refractivity contribution in [3.63, 3.8) is 0 Å². The van der Waals surface area contributed by atoms with Gasteiger partial charge in [0.2, 0.25) is 0 Å². The van der Waals surface area contributed by atoms with E-state index in [2.05, 4.69) is 15.5 Å². The molecule has 1 unspecified atom stereocenters. The van der Waals surface area contributed by atoms with Crippen LogP contribution in [0.5, 0.6) is 0 Å². The van der Waals surface area contributed by atoms with Crippen LogP contribution >= 0.6 is 23.2 Å². The summed E-state index contributed by atoms with van der Waals surface area (Å²) < 4.78 is 10.0. The van der Waals surface area contributed by atoms with Crippen LogP contribution in [-0.2, 0) is 33.2 Å². The lowest BCUT2D eigenvalue weighted by Gasteiger charge is -2.18. The number of nitrogens with zero attached hydrogens (tertiary/aromatic N) is 1. The summed E-state index contributed by atoms with van der Waals surface area (Å²) in [5.41, 5.74) is 2.97. The molecule has 0 saturated heterocycles. The zero-order valence-corrected chi connectivity index (χ0v) is 17.1. The van der Waals surface area contributed by atoms with Crippen LogP contribution in [0.1, 0.15) is 16.7 Å². The van der Waals surface area contributed by atoms with E-state index in [-0.39, 0.29) is 18.9 Å². The third-order valence-corrected chi connectivity index (χ3v) is 5.01. The number of aromatic amines is 1. The Morgan fingerprint density at radius 1 is 1.28 bits per heavy atom. The zero-order chi connectivity index (χ0) is 20.8. The Bertz CT molecular complexity index is 1010. The number of fused-ring (bicyclic) bond motifs is 1. The molecule has 3 rings (SSSR count). The van der Waals surface area contributed by atoms with Gasteiger partial charge in [-0.25, -0.2) is 9.59 Å². The summed E-state index contributed by atoms with van der Waals surface area (Å²) in [7, 11) is 1.25. The lowest BCUT2D eigenvalue weighted by atomic mass is 9.98. The minimum Gasteiger partial charge on any atom is -0.467 e. The highest BCUT2D eigenvalue weighted by molar-refractivity contribution is 6.35. The highest BCUT2D eigenvalue weighted by atomic mass is 35.5. The smallest absolute Gasteiger partial charge is 0.408 e. The Hall–Kier alpha value is -2.77. The highest BCUT2D eigenvalue weighted by Crippen LogP contribution is 2.30. The van der Waals surface area contributed by atoms with Crippen molar-refractivity contribution in [2.45, 2.75) is 24.9 Å². The first-order valence-corrected chi connectivity index (χ1v) is 9.69. The molecule has 2 aromatic carbocycles. The number of benzene rings is 2. The van der Waals surface area contributed by atoms with Crippen LogP contribution in [0.3, 0.4) is 0 Å². The predicted molar refractivity (Wildman–Crippen MR) is 110 cm³/mol. The van der Waals surface area contributed by atoms with Gasteiger partial charge in [0.05, 0.1) is 23.8 Å². The number of rotatable bonds is 7. The molecule has 1 amide bonds. The lowest BCUT2D eigenvalue weighted by molar-refractivity contribution is -0.143. The van der Waals surface area contributed by atoms with E-state index in [0.29, 0.717) is 16.1 Å². The van der Waals surface area contributed by atoms with Gasteiger partial charge in [-0.1, -0.05) is 41.9 Å². The molecule has 0 saturated carbocycles. The molecule has 1 atom stereocenters. The molecule has 9 heteroatoms. The molecule has 0 fully saturated rings. The van der Waals surface area contributed by atoms with E-state index in [1.165, 1.54) is 7.11 Å². The Morgan fingerprint density at radius 3 is 2.72 bits per heavy atom. The molecule has 1 heterocycles. The van der Waals surface area contributed by atoms with E-state index in [9.17, 15) is 9.59 Å². The quantitative estimate of drug-likeness (QED) is 0.432. The molecular weight excluding hydrogens is 417 g/mol. The molecule has 2 N–H and O–H groups in total. The van der Waals surface area contributed by atoms with Crippen molar-refractivity contribution in [3.05, 3.63) is 64.3 Å². The number of carbonyl (C=O) groups is 2. The Morgan fingerprint density at radius 2 is 2.03 bits per heavy atom. The fraction of sp³-hybridized carbons (Fsp3) is 0.250. The molecule has 0 spiro atoms. The number of carbonyl (C=O) groups excluding carboxylic acids is 2. The van der Waals surface area contributed by atoms with Crippen molar-refractivity contribution in [1.82, 2.24) is 15.5 Å². The molecule has 3 aromatic rings. The second kappa shape index (κ2) is 9.62. The number of halogens is 2. The summed E-state index contributed by atoms with van der Waals surface area (Å²) in [6.07, 6.45) is 1.03. The van der Waals surface area contributed by atoms with Gasteiger partial charge in [0.1, 0.15) is 12.6 Å². The van der Waals surface area contributed by atoms with Crippen LogP contribution in [0.25, 0.3) is 10.9 Å². The van der Waals surface area contributed by atoms with E-state index in [4.69, 9.17) is 32.7 Å². The number of hydrogen-bond acceptors (Lipinski definition) is 5. The Labute approximate surface area is 177 Å². The van der Waals surface area contributed by atoms with Crippen molar-refractivity contribution >= 4 is 46.2 Å². The Balaban J connectivity index is 1.76. The summed E-state index contributed by atoms with van der Waals surface area (Å²) in [6, 6.07) is 9.96. The van der Waals surface area contributed by atoms with E-state index in [1.807, 2.05) is 30.3 Å². The lowest BCUT2D eigenvalue weighted by Crippen LogP contribution is -2.43. The van der Waals surface area contributed by atoms with Crippen LogP contribution in [0, 0.1) is 0 Å². The minimum absolute atomic E-state index is 0.0836. The maximum absolute atomic E-state index is 12.2. The maximum atomic E-state index is 12.2. The number of ether oxygens (including phenoxy) is 2. The third-order valence-electron chi connectivity index (χ3n) is 4.44. The SMILES string of the molecule is COC(=O)C(Cc1cc(Cl)c2[nH]ncc2c1CCl)NC(=O)OCc1ccccc1. The summed E-state index contributed by atoms with van der Waals surface area (Å²) in [4.78, 5) is 24.5. The summed E-state index contributed by atoms with van der Waals surface area (Å²) >= 11 is 12.4. The van der Waals surface area contributed by atoms with E-state index in [1.54, 1.807) is 12.3 Å². The molecule has 0 aliphatic carbocycles. The molecule has 0 bridgehead atoms. The maximum Gasteiger partial charge on any atom is 0.408 e. The number of alkyl carbamates (subject to hydrolysis) is 1. The molecule has 152 valence electrons. The van der Waals surface area contributed by atoms with Crippen LogP contribution in [0.2, 0.25) is 5.02 Å². The molecule has 0 aliphatic rings. The van der Waals surface area contributed by atoms with Gasteiger partial charge in [0.25, 0.3) is 0 Å². The van der Waals surface area contributed by atoms with Gasteiger partial charge in [-0.2, -0.15) is 5.10 Å². The number of methoxy groups -OCH3 is 1. The number of esters is 1. The first-order valence-electron chi connectivity index (χ1n) is 8.77. The van der Waals surface area contributed by atoms with Crippen LogP contribution in [-0.4, -0.2) is 35.4 Å². The number of amides is 1. The number of alkyl halides is 1. The fourth-order valence-electron chi connectivity index (χ4n) is 2.98. The summed E-state index contributed by atoms with van der Waals surface area (Å²) in [6.45, 7) is 0.0836. The molecule has 0 radical (unpaired) electrons. The second-order valence-corrected chi connectivity index (χ2v) is 6.95. The van der Waals surface area contributed by atoms with Gasteiger partial charge in [-0.05, 0) is 22.8 Å². The monoisotopic (exact) mass is 435 g/mol. The van der Waals surface area contributed by atoms with Gasteiger partial charge >= 0.3 is 12.1 Å². The van der Waals surface area contributed by atoms with Gasteiger partial charge < -0.3 is 14.8 Å². The van der Waals surface area contributed by atoms with Crippen molar-refractivity contribution in [1.29, 1.82) is 0 Å². The molecule has 7 nitrogen and oxygen atoms in total. The normalized spacial score (nSPS) is 11.8. The topological polar surface area (TPSA) is 93.3 Å². The number of hydrogen-bond donors (Lipinski definition) is 2. The third kappa shape index (κ3) is 4.99. The van der Waals surface area contributed by atoms with E-state index < -0.39 is 18.1 Å². The molecule has 0 aliphatic heterocycles. The van der Waals surface area contributed by atoms with Crippen LogP contribution in [0.4, 0.5) is 4.79 Å². The van der Waals surface area contributed by atoms with E-state index >= 15 is 0 Å². The Kier molecular flexibility index (Phi) is 6.95. The first-order chi connectivity index (χ1) is 14.0. The molecule has 29 heavy (non-hydrogen) atoms. The van der Waals surface area contributed by atoms with Crippen molar-refractivity contribution in [3.8, 4) is 0 Å². The fourth-order valence-corrected chi connectivity index (χ4v) is 3.58. The zero-order valence-electron chi connectivity index (χ0n) is 15.6. The second-order valence-electron chi connectivity index (χ2n) is 6.27. The predicted octanol–water partition coefficient (Wildman–Crippen LogP) is 3.97. The van der Waals surface area contributed by atoms with Crippen molar-refractivity contribution in [2.75, 3.05) is 7.11 Å². The van der Waals surface area contributed by atoms with Crippen molar-refractivity contribution in [2.24, 2.45) is 0 Å². The average Bonchev–Trinajstić information content (AvgIpc) is 3.22. The highest BCUT2D eigenvalue weighted by Gasteiger charge is 2.25. The van der Waals surface area contributed by atoms with Gasteiger partial charge in [-0.15, -0.1) is 11.6 Å². The standard InChI is InChI=1S/C20H19Cl2N3O4/c1-28-19(26)17(24-20(27)29-11-12-5-3-2-4-6-12)8-13-7-16(22)18-15(10-23-25-18)14(13)9-21/h2-7,10,17H,8-9,11H2,1H3,(H,23,25)(H,24,27). The molecular formula is C20H19Cl2N3O4. The average molecular weight is 436 g/mol. The first kappa shape index (κ1) is 21.0. The van der Waals surface area contributed by atoms with E-state index in [0.717, 1.165) is 16.5 Å². The summed E-state index contributed by atoms with van der Waals surface area (Å²) in [5.74, 6) is -0.417. The number of aromatic nitrogens is 2. The molecule has 1 aromatic heterocycles. The van der Waals surface area contributed by atoms with Crippen LogP contribution in [0.15, 0.2) is 42.6 Å². The van der Waals surface area contributed by atoms with Gasteiger partial charge in [-0.3, -0.25) is 5.10 Å². The summed E-state index contributed by atoms with van der Waals surface area (Å²) in [5, 5.41) is 10.6. The van der Waals surface area contributed by atoms with Gasteiger partial charge in [0.15, 0.2) is 0 Å².